The minimum absolute atomic E-state index is 0.0733. The van der Waals surface area contributed by atoms with Crippen molar-refractivity contribution < 1.29 is 19.1 Å². The van der Waals surface area contributed by atoms with Crippen LogP contribution >= 0.6 is 0 Å². The third-order valence-corrected chi connectivity index (χ3v) is 4.17. The number of fused-ring (bicyclic) bond motifs is 1. The van der Waals surface area contributed by atoms with Gasteiger partial charge in [0.1, 0.15) is 11.9 Å². The summed E-state index contributed by atoms with van der Waals surface area (Å²) in [6, 6.07) is 8.67. The van der Waals surface area contributed by atoms with E-state index in [9.17, 15) is 14.7 Å². The Morgan fingerprint density at radius 2 is 2.21 bits per heavy atom. The summed E-state index contributed by atoms with van der Waals surface area (Å²) in [6.07, 6.45) is 1.81. The maximum atomic E-state index is 12.3. The van der Waals surface area contributed by atoms with Crippen molar-refractivity contribution in [1.29, 1.82) is 0 Å². The molecule has 0 radical (unpaired) electrons. The first-order chi connectivity index (χ1) is 11.6. The van der Waals surface area contributed by atoms with E-state index in [1.54, 1.807) is 23.1 Å². The molecular weight excluding hydrogens is 308 g/mol. The maximum absolute atomic E-state index is 12.3. The Bertz CT molecular complexity index is 739. The molecular formula is C18H20N2O4. The van der Waals surface area contributed by atoms with Gasteiger partial charge in [-0.15, -0.1) is 0 Å². The monoisotopic (exact) mass is 328 g/mol. The fourth-order valence-corrected chi connectivity index (χ4v) is 2.87. The number of anilines is 1. The third-order valence-electron chi connectivity index (χ3n) is 4.17. The molecule has 0 fully saturated rings. The SMILES string of the molecule is CCC(=O)N1CCc2cc(C(=O)NCC(O)c3ccco3)ccc21. The summed E-state index contributed by atoms with van der Waals surface area (Å²) in [5.74, 6) is 0.245. The van der Waals surface area contributed by atoms with Crippen molar-refractivity contribution in [2.45, 2.75) is 25.9 Å². The van der Waals surface area contributed by atoms with Crippen molar-refractivity contribution in [2.24, 2.45) is 0 Å². The van der Waals surface area contributed by atoms with Gasteiger partial charge in [-0.3, -0.25) is 9.59 Å². The molecule has 126 valence electrons. The average Bonchev–Trinajstić information content (AvgIpc) is 3.27. The van der Waals surface area contributed by atoms with Gasteiger partial charge in [-0.25, -0.2) is 0 Å². The first-order valence-electron chi connectivity index (χ1n) is 8.03. The molecule has 1 aliphatic heterocycles. The summed E-state index contributed by atoms with van der Waals surface area (Å²) in [5, 5.41) is 12.6. The number of aliphatic hydroxyl groups excluding tert-OH is 1. The van der Waals surface area contributed by atoms with E-state index in [2.05, 4.69) is 5.32 Å². The summed E-state index contributed by atoms with van der Waals surface area (Å²) in [7, 11) is 0. The summed E-state index contributed by atoms with van der Waals surface area (Å²) in [6.45, 7) is 2.57. The Kier molecular flexibility index (Phi) is 4.66. The van der Waals surface area contributed by atoms with Gasteiger partial charge < -0.3 is 19.7 Å². The number of carbonyl (C=O) groups excluding carboxylic acids is 2. The van der Waals surface area contributed by atoms with E-state index in [4.69, 9.17) is 4.42 Å². The topological polar surface area (TPSA) is 82.8 Å². The number of benzene rings is 1. The zero-order valence-corrected chi connectivity index (χ0v) is 13.5. The predicted molar refractivity (Wildman–Crippen MR) is 88.8 cm³/mol. The number of nitrogens with zero attached hydrogens (tertiary/aromatic N) is 1. The van der Waals surface area contributed by atoms with Gasteiger partial charge in [0.25, 0.3) is 5.91 Å². The molecule has 6 nitrogen and oxygen atoms in total. The molecule has 2 N–H and O–H groups in total. The number of aliphatic hydroxyl groups is 1. The highest BCUT2D eigenvalue weighted by atomic mass is 16.4. The zero-order valence-electron chi connectivity index (χ0n) is 13.5. The first-order valence-corrected chi connectivity index (χ1v) is 8.03. The lowest BCUT2D eigenvalue weighted by atomic mass is 10.1. The molecule has 2 amide bonds. The summed E-state index contributed by atoms with van der Waals surface area (Å²) in [4.78, 5) is 25.9. The molecule has 1 aliphatic rings. The van der Waals surface area contributed by atoms with Crippen molar-refractivity contribution in [2.75, 3.05) is 18.0 Å². The number of carbonyl (C=O) groups is 2. The second kappa shape index (κ2) is 6.88. The Hall–Kier alpha value is -2.60. The molecule has 1 aromatic heterocycles. The van der Waals surface area contributed by atoms with Crippen LogP contribution in [0.25, 0.3) is 0 Å². The van der Waals surface area contributed by atoms with Crippen LogP contribution in [-0.2, 0) is 11.2 Å². The Labute approximate surface area is 140 Å². The lowest BCUT2D eigenvalue weighted by molar-refractivity contribution is -0.118. The number of nitrogens with one attached hydrogen (secondary N) is 1. The molecule has 3 rings (SSSR count). The number of hydrogen-bond donors (Lipinski definition) is 2. The van der Waals surface area contributed by atoms with Crippen LogP contribution < -0.4 is 10.2 Å². The second-order valence-electron chi connectivity index (χ2n) is 5.73. The van der Waals surface area contributed by atoms with E-state index in [0.29, 0.717) is 24.3 Å². The van der Waals surface area contributed by atoms with Gasteiger partial charge in [0, 0.05) is 24.2 Å². The van der Waals surface area contributed by atoms with Crippen molar-refractivity contribution in [1.82, 2.24) is 5.32 Å². The van der Waals surface area contributed by atoms with Crippen LogP contribution in [0, 0.1) is 0 Å². The summed E-state index contributed by atoms with van der Waals surface area (Å²) in [5.41, 5.74) is 2.40. The fourth-order valence-electron chi connectivity index (χ4n) is 2.87. The smallest absolute Gasteiger partial charge is 0.251 e. The third kappa shape index (κ3) is 3.19. The van der Waals surface area contributed by atoms with Gasteiger partial charge >= 0.3 is 0 Å². The van der Waals surface area contributed by atoms with E-state index >= 15 is 0 Å². The van der Waals surface area contributed by atoms with Gasteiger partial charge in [-0.1, -0.05) is 6.92 Å². The van der Waals surface area contributed by atoms with Crippen LogP contribution in [0.2, 0.25) is 0 Å². The Morgan fingerprint density at radius 3 is 2.92 bits per heavy atom. The van der Waals surface area contributed by atoms with Crippen LogP contribution in [0.5, 0.6) is 0 Å². The van der Waals surface area contributed by atoms with Crippen LogP contribution in [0.3, 0.4) is 0 Å². The van der Waals surface area contributed by atoms with Crippen molar-refractivity contribution in [3.63, 3.8) is 0 Å². The largest absolute Gasteiger partial charge is 0.467 e. The zero-order chi connectivity index (χ0) is 17.1. The summed E-state index contributed by atoms with van der Waals surface area (Å²) < 4.78 is 5.10. The first kappa shape index (κ1) is 16.3. The van der Waals surface area contributed by atoms with Gasteiger partial charge in [0.2, 0.25) is 5.91 Å². The minimum Gasteiger partial charge on any atom is -0.467 e. The quantitative estimate of drug-likeness (QED) is 0.880. The fraction of sp³-hybridized carbons (Fsp3) is 0.333. The van der Waals surface area contributed by atoms with E-state index in [-0.39, 0.29) is 18.4 Å². The van der Waals surface area contributed by atoms with Crippen LogP contribution in [-0.4, -0.2) is 30.0 Å². The van der Waals surface area contributed by atoms with E-state index in [1.807, 2.05) is 19.1 Å². The number of rotatable bonds is 5. The number of hydrogen-bond acceptors (Lipinski definition) is 4. The molecule has 1 atom stereocenters. The molecule has 0 spiro atoms. The molecule has 24 heavy (non-hydrogen) atoms. The number of amides is 2. The highest BCUT2D eigenvalue weighted by Gasteiger charge is 2.24. The number of furan rings is 1. The molecule has 2 heterocycles. The van der Waals surface area contributed by atoms with Gasteiger partial charge in [0.15, 0.2) is 0 Å². The van der Waals surface area contributed by atoms with Crippen molar-refractivity contribution in [3.05, 3.63) is 53.5 Å². The molecule has 1 aromatic carbocycles. The minimum atomic E-state index is -0.879. The maximum Gasteiger partial charge on any atom is 0.251 e. The Morgan fingerprint density at radius 1 is 1.38 bits per heavy atom. The molecule has 1 unspecified atom stereocenters. The van der Waals surface area contributed by atoms with E-state index < -0.39 is 6.10 Å². The van der Waals surface area contributed by atoms with Crippen molar-refractivity contribution >= 4 is 17.5 Å². The second-order valence-corrected chi connectivity index (χ2v) is 5.73. The lowest BCUT2D eigenvalue weighted by Gasteiger charge is -2.16. The molecule has 6 heteroatoms. The normalized spacial score (nSPS) is 14.3. The summed E-state index contributed by atoms with van der Waals surface area (Å²) >= 11 is 0. The van der Waals surface area contributed by atoms with Crippen LogP contribution in [0.4, 0.5) is 5.69 Å². The van der Waals surface area contributed by atoms with Crippen LogP contribution in [0.1, 0.15) is 41.1 Å². The van der Waals surface area contributed by atoms with Gasteiger partial charge in [0.05, 0.1) is 12.8 Å². The van der Waals surface area contributed by atoms with Crippen molar-refractivity contribution in [3.8, 4) is 0 Å². The van der Waals surface area contributed by atoms with Gasteiger partial charge in [-0.05, 0) is 42.3 Å². The molecule has 0 aliphatic carbocycles. The standard InChI is InChI=1S/C18H20N2O4/c1-2-17(22)20-8-7-12-10-13(5-6-14(12)20)18(23)19-11-15(21)16-4-3-9-24-16/h3-6,9-10,15,21H,2,7-8,11H2,1H3,(H,19,23). The lowest BCUT2D eigenvalue weighted by Crippen LogP contribution is -2.28. The average molecular weight is 328 g/mol. The molecule has 0 saturated carbocycles. The van der Waals surface area contributed by atoms with E-state index in [0.717, 1.165) is 17.7 Å². The molecule has 2 aromatic rings. The highest BCUT2D eigenvalue weighted by molar-refractivity contribution is 5.98. The van der Waals surface area contributed by atoms with Crippen LogP contribution in [0.15, 0.2) is 41.0 Å². The van der Waals surface area contributed by atoms with Gasteiger partial charge in [-0.2, -0.15) is 0 Å². The highest BCUT2D eigenvalue weighted by Crippen LogP contribution is 2.29. The Balaban J connectivity index is 1.65. The molecule has 0 saturated heterocycles. The predicted octanol–water partition coefficient (Wildman–Crippen LogP) is 2.04. The van der Waals surface area contributed by atoms with E-state index in [1.165, 1.54) is 6.26 Å². The molecule has 0 bridgehead atoms.